The predicted octanol–water partition coefficient (Wildman–Crippen LogP) is 3.60. The fourth-order valence-corrected chi connectivity index (χ4v) is 2.96. The zero-order valence-electron chi connectivity index (χ0n) is 12.2. The maximum Gasteiger partial charge on any atom is 0.218 e. The van der Waals surface area contributed by atoms with Crippen LogP contribution in [0.4, 0.5) is 5.69 Å². The van der Waals surface area contributed by atoms with Crippen molar-refractivity contribution >= 4 is 27.1 Å². The number of anilines is 1. The average molecular weight is 349 g/mol. The lowest BCUT2D eigenvalue weighted by atomic mass is 10.3. The standard InChI is InChI=1S/C16H13ClN2O3S/c1-22-14-6-8-15(9-7-14)23(20,21)16(10-18)11-19-13-4-2-12(17)3-5-13/h2-9,11,19H,1H3/b16-11-. The molecule has 0 aliphatic carbocycles. The second kappa shape index (κ2) is 7.18. The van der Waals surface area contributed by atoms with Gasteiger partial charge in [0, 0.05) is 16.9 Å². The van der Waals surface area contributed by atoms with Crippen molar-refractivity contribution in [1.29, 1.82) is 5.26 Å². The molecule has 0 radical (unpaired) electrons. The molecule has 2 rings (SSSR count). The third-order valence-corrected chi connectivity index (χ3v) is 4.92. The molecule has 23 heavy (non-hydrogen) atoms. The van der Waals surface area contributed by atoms with Crippen molar-refractivity contribution in [2.24, 2.45) is 0 Å². The first kappa shape index (κ1) is 16.9. The number of methoxy groups -OCH3 is 1. The number of benzene rings is 2. The van der Waals surface area contributed by atoms with E-state index >= 15 is 0 Å². The lowest BCUT2D eigenvalue weighted by Gasteiger charge is -2.06. The minimum atomic E-state index is -3.90. The molecule has 0 heterocycles. The molecule has 2 aromatic rings. The number of ether oxygens (including phenoxy) is 1. The zero-order chi connectivity index (χ0) is 16.9. The molecule has 0 saturated heterocycles. The number of allylic oxidation sites excluding steroid dienone is 1. The molecule has 1 N–H and O–H groups in total. The Kier molecular flexibility index (Phi) is 5.27. The van der Waals surface area contributed by atoms with E-state index in [0.29, 0.717) is 16.5 Å². The van der Waals surface area contributed by atoms with Gasteiger partial charge in [-0.2, -0.15) is 5.26 Å². The quantitative estimate of drug-likeness (QED) is 0.835. The molecule has 7 heteroatoms. The number of nitrogens with zero attached hydrogens (tertiary/aromatic N) is 1. The van der Waals surface area contributed by atoms with Crippen molar-refractivity contribution in [1.82, 2.24) is 0 Å². The molecule has 118 valence electrons. The Morgan fingerprint density at radius 2 is 1.78 bits per heavy atom. The first-order chi connectivity index (χ1) is 11.0. The zero-order valence-corrected chi connectivity index (χ0v) is 13.7. The highest BCUT2D eigenvalue weighted by Gasteiger charge is 2.20. The lowest BCUT2D eigenvalue weighted by molar-refractivity contribution is 0.414. The topological polar surface area (TPSA) is 79.2 Å². The minimum Gasteiger partial charge on any atom is -0.497 e. The van der Waals surface area contributed by atoms with Gasteiger partial charge in [-0.25, -0.2) is 8.42 Å². The van der Waals surface area contributed by atoms with Crippen molar-refractivity contribution < 1.29 is 13.2 Å². The summed E-state index contributed by atoms with van der Waals surface area (Å²) in [5.74, 6) is 0.533. The molecule has 0 aromatic heterocycles. The first-order valence-electron chi connectivity index (χ1n) is 6.49. The summed E-state index contributed by atoms with van der Waals surface area (Å²) in [5.41, 5.74) is 0.618. The molecule has 0 unspecified atom stereocenters. The van der Waals surface area contributed by atoms with E-state index in [1.54, 1.807) is 30.3 Å². The Morgan fingerprint density at radius 3 is 2.30 bits per heavy atom. The number of hydrogen-bond donors (Lipinski definition) is 1. The third kappa shape index (κ3) is 4.03. The van der Waals surface area contributed by atoms with Crippen LogP contribution < -0.4 is 10.1 Å². The van der Waals surface area contributed by atoms with Gasteiger partial charge in [0.2, 0.25) is 9.84 Å². The molecule has 0 saturated carbocycles. The largest absolute Gasteiger partial charge is 0.497 e. The van der Waals surface area contributed by atoms with E-state index in [0.717, 1.165) is 6.20 Å². The van der Waals surface area contributed by atoms with Gasteiger partial charge in [-0.15, -0.1) is 0 Å². The highest BCUT2D eigenvalue weighted by Crippen LogP contribution is 2.22. The van der Waals surface area contributed by atoms with E-state index in [4.69, 9.17) is 21.6 Å². The number of nitriles is 1. The van der Waals surface area contributed by atoms with Gasteiger partial charge in [0.05, 0.1) is 12.0 Å². The molecule has 0 bridgehead atoms. The van der Waals surface area contributed by atoms with Gasteiger partial charge < -0.3 is 10.1 Å². The number of halogens is 1. The molecule has 0 fully saturated rings. The highest BCUT2D eigenvalue weighted by molar-refractivity contribution is 7.95. The van der Waals surface area contributed by atoms with E-state index in [9.17, 15) is 8.42 Å². The summed E-state index contributed by atoms with van der Waals surface area (Å²) < 4.78 is 29.9. The molecule has 0 atom stereocenters. The molecule has 0 aliphatic rings. The van der Waals surface area contributed by atoms with Crippen LogP contribution in [0.15, 0.2) is 64.5 Å². The fourth-order valence-electron chi connectivity index (χ4n) is 1.75. The van der Waals surface area contributed by atoms with E-state index in [1.807, 2.05) is 0 Å². The van der Waals surface area contributed by atoms with E-state index in [-0.39, 0.29) is 4.90 Å². The van der Waals surface area contributed by atoms with Crippen LogP contribution in [0, 0.1) is 11.3 Å². The van der Waals surface area contributed by atoms with Crippen molar-refractivity contribution in [3.63, 3.8) is 0 Å². The molecule has 0 amide bonds. The monoisotopic (exact) mass is 348 g/mol. The summed E-state index contributed by atoms with van der Waals surface area (Å²) in [5, 5.41) is 12.5. The van der Waals surface area contributed by atoms with Gasteiger partial charge in [0.15, 0.2) is 4.91 Å². The van der Waals surface area contributed by atoms with Crippen LogP contribution in [-0.4, -0.2) is 15.5 Å². The molecule has 5 nitrogen and oxygen atoms in total. The van der Waals surface area contributed by atoms with Crippen LogP contribution in [0.5, 0.6) is 5.75 Å². The second-order valence-corrected chi connectivity index (χ2v) is 6.81. The first-order valence-corrected chi connectivity index (χ1v) is 8.35. The second-order valence-electron chi connectivity index (χ2n) is 4.45. The van der Waals surface area contributed by atoms with Crippen LogP contribution in [0.25, 0.3) is 0 Å². The number of hydrogen-bond acceptors (Lipinski definition) is 5. The Balaban J connectivity index is 2.29. The van der Waals surface area contributed by atoms with Crippen LogP contribution in [0.1, 0.15) is 0 Å². The van der Waals surface area contributed by atoms with Gasteiger partial charge >= 0.3 is 0 Å². The number of sulfone groups is 1. The fraction of sp³-hybridized carbons (Fsp3) is 0.0625. The summed E-state index contributed by atoms with van der Waals surface area (Å²) in [6.45, 7) is 0. The molecular formula is C16H13ClN2O3S. The van der Waals surface area contributed by atoms with E-state index in [2.05, 4.69) is 5.32 Å². The number of rotatable bonds is 5. The van der Waals surface area contributed by atoms with Gasteiger partial charge in [0.1, 0.15) is 11.8 Å². The van der Waals surface area contributed by atoms with Crippen molar-refractivity contribution in [2.45, 2.75) is 4.90 Å². The lowest BCUT2D eigenvalue weighted by Crippen LogP contribution is -2.05. The van der Waals surface area contributed by atoms with Crippen LogP contribution >= 0.6 is 11.6 Å². The van der Waals surface area contributed by atoms with Gasteiger partial charge in [0.25, 0.3) is 0 Å². The van der Waals surface area contributed by atoms with E-state index < -0.39 is 14.7 Å². The van der Waals surface area contributed by atoms with Gasteiger partial charge in [-0.1, -0.05) is 11.6 Å². The summed E-state index contributed by atoms with van der Waals surface area (Å²) >= 11 is 5.78. The van der Waals surface area contributed by atoms with Crippen LogP contribution in [-0.2, 0) is 9.84 Å². The molecule has 0 aliphatic heterocycles. The normalized spacial score (nSPS) is 11.6. The Labute approximate surface area is 139 Å². The third-order valence-electron chi connectivity index (χ3n) is 2.98. The average Bonchev–Trinajstić information content (AvgIpc) is 2.57. The van der Waals surface area contributed by atoms with Crippen molar-refractivity contribution in [3.8, 4) is 11.8 Å². The summed E-state index contributed by atoms with van der Waals surface area (Å²) in [6, 6.07) is 14.2. The Hall–Kier alpha value is -2.49. The highest BCUT2D eigenvalue weighted by atomic mass is 35.5. The maximum absolute atomic E-state index is 12.4. The molecular weight excluding hydrogens is 336 g/mol. The maximum atomic E-state index is 12.4. The molecule has 0 spiro atoms. The van der Waals surface area contributed by atoms with E-state index in [1.165, 1.54) is 31.4 Å². The van der Waals surface area contributed by atoms with Crippen molar-refractivity contribution in [2.75, 3.05) is 12.4 Å². The van der Waals surface area contributed by atoms with Gasteiger partial charge in [-0.3, -0.25) is 0 Å². The smallest absolute Gasteiger partial charge is 0.218 e. The van der Waals surface area contributed by atoms with Crippen LogP contribution in [0.3, 0.4) is 0 Å². The SMILES string of the molecule is COc1ccc(S(=O)(=O)/C(C#N)=C\Nc2ccc(Cl)cc2)cc1. The minimum absolute atomic E-state index is 0.0176. The van der Waals surface area contributed by atoms with Crippen LogP contribution in [0.2, 0.25) is 5.02 Å². The Bertz CT molecular complexity index is 852. The van der Waals surface area contributed by atoms with Gasteiger partial charge in [-0.05, 0) is 48.5 Å². The predicted molar refractivity (Wildman–Crippen MR) is 89.0 cm³/mol. The Morgan fingerprint density at radius 1 is 1.17 bits per heavy atom. The summed E-state index contributed by atoms with van der Waals surface area (Å²) in [4.78, 5) is -0.373. The molecule has 2 aromatic carbocycles. The van der Waals surface area contributed by atoms with Crippen molar-refractivity contribution in [3.05, 3.63) is 64.7 Å². The number of nitrogens with one attached hydrogen (secondary N) is 1. The summed E-state index contributed by atoms with van der Waals surface area (Å²) in [7, 11) is -2.41. The summed E-state index contributed by atoms with van der Waals surface area (Å²) in [6.07, 6.45) is 1.16.